The van der Waals surface area contributed by atoms with E-state index in [0.29, 0.717) is 11.8 Å². The predicted molar refractivity (Wildman–Crippen MR) is 147 cm³/mol. The summed E-state index contributed by atoms with van der Waals surface area (Å²) in [5.41, 5.74) is 6.59. The summed E-state index contributed by atoms with van der Waals surface area (Å²) in [7, 11) is 0. The molecule has 0 unspecified atom stereocenters. The number of allylic oxidation sites excluding steroid dienone is 2. The lowest BCUT2D eigenvalue weighted by atomic mass is 9.98. The van der Waals surface area contributed by atoms with Gasteiger partial charge in [-0.25, -0.2) is 4.39 Å². The first-order valence-electron chi connectivity index (χ1n) is 12.7. The molecule has 0 fully saturated rings. The van der Waals surface area contributed by atoms with Crippen molar-refractivity contribution >= 4 is 10.8 Å². The van der Waals surface area contributed by atoms with Gasteiger partial charge in [-0.1, -0.05) is 91.9 Å². The molecule has 0 amide bonds. The zero-order valence-corrected chi connectivity index (χ0v) is 20.8. The van der Waals surface area contributed by atoms with E-state index in [1.54, 1.807) is 0 Å². The first-order chi connectivity index (χ1) is 17.2. The highest BCUT2D eigenvalue weighted by Gasteiger charge is 2.08. The second-order valence-corrected chi connectivity index (χ2v) is 9.10. The Bertz CT molecular complexity index is 1350. The molecule has 0 heterocycles. The average Bonchev–Trinajstić information content (AvgIpc) is 2.89. The van der Waals surface area contributed by atoms with Gasteiger partial charge in [-0.05, 0) is 90.9 Å². The van der Waals surface area contributed by atoms with Gasteiger partial charge in [0.25, 0.3) is 0 Å². The highest BCUT2D eigenvalue weighted by molar-refractivity contribution is 5.85. The number of fused-ring (bicyclic) bond motifs is 1. The summed E-state index contributed by atoms with van der Waals surface area (Å²) in [6.07, 6.45) is 10.2. The van der Waals surface area contributed by atoms with Crippen LogP contribution in [0.5, 0.6) is 0 Å². The monoisotopic (exact) mass is 460 g/mol. The van der Waals surface area contributed by atoms with Gasteiger partial charge in [0.15, 0.2) is 0 Å². The molecular formula is C34H33F. The Morgan fingerprint density at radius 1 is 0.686 bits per heavy atom. The fraction of sp³-hybridized carbons (Fsp3) is 0.235. The summed E-state index contributed by atoms with van der Waals surface area (Å²) in [6, 6.07) is 26.9. The fourth-order valence-electron chi connectivity index (χ4n) is 4.36. The van der Waals surface area contributed by atoms with Crippen LogP contribution < -0.4 is 0 Å². The van der Waals surface area contributed by atoms with Crippen molar-refractivity contribution < 1.29 is 4.39 Å². The highest BCUT2D eigenvalue weighted by atomic mass is 19.1. The Kier molecular flexibility index (Phi) is 8.53. The van der Waals surface area contributed by atoms with E-state index in [1.165, 1.54) is 16.7 Å². The Morgan fingerprint density at radius 3 is 2.03 bits per heavy atom. The van der Waals surface area contributed by atoms with Crippen molar-refractivity contribution in [3.8, 4) is 11.8 Å². The van der Waals surface area contributed by atoms with E-state index in [0.717, 1.165) is 54.2 Å². The van der Waals surface area contributed by atoms with E-state index in [1.807, 2.05) is 30.3 Å². The van der Waals surface area contributed by atoms with E-state index in [2.05, 4.69) is 86.4 Å². The van der Waals surface area contributed by atoms with Crippen molar-refractivity contribution in [3.05, 3.63) is 130 Å². The lowest BCUT2D eigenvalue weighted by molar-refractivity contribution is 0.620. The molecule has 0 aliphatic heterocycles. The largest absolute Gasteiger partial charge is 0.206 e. The van der Waals surface area contributed by atoms with Crippen molar-refractivity contribution in [3.63, 3.8) is 0 Å². The smallest absolute Gasteiger partial charge is 0.134 e. The average molecular weight is 461 g/mol. The van der Waals surface area contributed by atoms with Crippen LogP contribution in [-0.4, -0.2) is 0 Å². The number of halogens is 1. The molecule has 0 bridgehead atoms. The van der Waals surface area contributed by atoms with Crippen LogP contribution in [0.1, 0.15) is 60.1 Å². The molecule has 0 aromatic heterocycles. The fourth-order valence-corrected chi connectivity index (χ4v) is 4.36. The molecule has 4 aromatic rings. The van der Waals surface area contributed by atoms with Gasteiger partial charge in [-0.2, -0.15) is 0 Å². The predicted octanol–water partition coefficient (Wildman–Crippen LogP) is 8.63. The van der Waals surface area contributed by atoms with Gasteiger partial charge >= 0.3 is 0 Å². The van der Waals surface area contributed by atoms with Crippen LogP contribution in [0.3, 0.4) is 0 Å². The maximum absolute atomic E-state index is 15.2. The Hall–Kier alpha value is -3.63. The SMILES string of the molecule is C/C=C/CCc1ccc(CCc2ccc3cc(C#Cc4ccc(CCC)cc4)ccc3c2F)cc1. The molecule has 0 nitrogen and oxygen atoms in total. The summed E-state index contributed by atoms with van der Waals surface area (Å²) in [6.45, 7) is 4.24. The van der Waals surface area contributed by atoms with E-state index in [9.17, 15) is 0 Å². The van der Waals surface area contributed by atoms with Gasteiger partial charge in [0.05, 0.1) is 0 Å². The van der Waals surface area contributed by atoms with Crippen LogP contribution >= 0.6 is 0 Å². The minimum atomic E-state index is -0.114. The summed E-state index contributed by atoms with van der Waals surface area (Å²) in [4.78, 5) is 0. The Morgan fingerprint density at radius 2 is 1.31 bits per heavy atom. The van der Waals surface area contributed by atoms with Gasteiger partial charge < -0.3 is 0 Å². The normalized spacial score (nSPS) is 11.1. The third-order valence-corrected chi connectivity index (χ3v) is 6.42. The standard InChI is InChI=1S/C34H33F/c1-3-5-6-8-27-11-15-29(16-12-27)19-21-31-22-23-32-25-30(20-24-33(32)34(31)35)18-17-28-13-9-26(7-4-2)10-14-28/h3,5,9-16,20,22-25H,4,6-8,19,21H2,1-2H3/b5-3+. The topological polar surface area (TPSA) is 0 Å². The molecule has 0 saturated carbocycles. The molecule has 0 aliphatic rings. The molecule has 35 heavy (non-hydrogen) atoms. The lowest BCUT2D eigenvalue weighted by Gasteiger charge is -2.08. The van der Waals surface area contributed by atoms with Crippen LogP contribution in [0.4, 0.5) is 4.39 Å². The minimum Gasteiger partial charge on any atom is -0.206 e. The molecule has 1 heteroatoms. The lowest BCUT2D eigenvalue weighted by Crippen LogP contribution is -1.96. The van der Waals surface area contributed by atoms with Gasteiger partial charge in [0, 0.05) is 16.5 Å². The van der Waals surface area contributed by atoms with Crippen molar-refractivity contribution in [2.45, 2.75) is 52.4 Å². The highest BCUT2D eigenvalue weighted by Crippen LogP contribution is 2.24. The van der Waals surface area contributed by atoms with E-state index < -0.39 is 0 Å². The molecule has 4 aromatic carbocycles. The molecule has 0 saturated heterocycles. The van der Waals surface area contributed by atoms with Gasteiger partial charge in [0.1, 0.15) is 5.82 Å². The first kappa shape index (κ1) is 24.5. The Labute approximate surface area is 209 Å². The van der Waals surface area contributed by atoms with Crippen LogP contribution in [0.15, 0.2) is 91.0 Å². The number of benzene rings is 4. The maximum atomic E-state index is 15.2. The minimum absolute atomic E-state index is 0.114. The molecule has 0 aliphatic carbocycles. The number of aryl methyl sites for hydroxylation is 4. The number of rotatable bonds is 8. The number of hydrogen-bond acceptors (Lipinski definition) is 0. The van der Waals surface area contributed by atoms with Crippen LogP contribution in [0, 0.1) is 17.7 Å². The summed E-state index contributed by atoms with van der Waals surface area (Å²) in [5, 5.41) is 1.55. The summed E-state index contributed by atoms with van der Waals surface area (Å²) in [5.74, 6) is 6.35. The Balaban J connectivity index is 1.42. The van der Waals surface area contributed by atoms with Crippen LogP contribution in [0.25, 0.3) is 10.8 Å². The second-order valence-electron chi connectivity index (χ2n) is 9.10. The van der Waals surface area contributed by atoms with E-state index in [-0.39, 0.29) is 5.82 Å². The van der Waals surface area contributed by atoms with Gasteiger partial charge in [0.2, 0.25) is 0 Å². The van der Waals surface area contributed by atoms with Crippen molar-refractivity contribution in [1.82, 2.24) is 0 Å². The summed E-state index contributed by atoms with van der Waals surface area (Å²) >= 11 is 0. The summed E-state index contributed by atoms with van der Waals surface area (Å²) < 4.78 is 15.2. The van der Waals surface area contributed by atoms with Gasteiger partial charge in [-0.3, -0.25) is 0 Å². The van der Waals surface area contributed by atoms with E-state index in [4.69, 9.17) is 0 Å². The quantitative estimate of drug-likeness (QED) is 0.182. The van der Waals surface area contributed by atoms with Crippen LogP contribution in [0.2, 0.25) is 0 Å². The molecule has 0 radical (unpaired) electrons. The molecule has 176 valence electrons. The zero-order valence-electron chi connectivity index (χ0n) is 20.8. The van der Waals surface area contributed by atoms with Crippen molar-refractivity contribution in [2.75, 3.05) is 0 Å². The van der Waals surface area contributed by atoms with Crippen molar-refractivity contribution in [2.24, 2.45) is 0 Å². The molecule has 0 atom stereocenters. The zero-order chi connectivity index (χ0) is 24.5. The van der Waals surface area contributed by atoms with Crippen molar-refractivity contribution in [1.29, 1.82) is 0 Å². The number of hydrogen-bond donors (Lipinski definition) is 0. The molecular weight excluding hydrogens is 427 g/mol. The third-order valence-electron chi connectivity index (χ3n) is 6.42. The molecule has 0 N–H and O–H groups in total. The third kappa shape index (κ3) is 6.71. The molecule has 4 rings (SSSR count). The molecule has 0 spiro atoms. The van der Waals surface area contributed by atoms with Crippen LogP contribution in [-0.2, 0) is 25.7 Å². The first-order valence-corrected chi connectivity index (χ1v) is 12.7. The second kappa shape index (κ2) is 12.2. The van der Waals surface area contributed by atoms with Gasteiger partial charge in [-0.15, -0.1) is 0 Å². The van der Waals surface area contributed by atoms with E-state index >= 15 is 4.39 Å². The maximum Gasteiger partial charge on any atom is 0.134 e.